The summed E-state index contributed by atoms with van der Waals surface area (Å²) in [5.41, 5.74) is 1.98. The number of ketones is 1. The monoisotopic (exact) mass is 557 g/mol. The Morgan fingerprint density at radius 1 is 1.00 bits per heavy atom. The predicted molar refractivity (Wildman–Crippen MR) is 106 cm³/mol. The van der Waals surface area contributed by atoms with E-state index in [1.54, 1.807) is 18.0 Å². The van der Waals surface area contributed by atoms with Crippen molar-refractivity contribution >= 4 is 17.5 Å². The first-order valence-corrected chi connectivity index (χ1v) is 8.90. The van der Waals surface area contributed by atoms with Crippen molar-refractivity contribution in [2.45, 2.75) is 23.6 Å². The molecular weight excluding hydrogens is 537 g/mol. The van der Waals surface area contributed by atoms with Crippen LogP contribution in [-0.2, 0) is 25.9 Å². The quantitative estimate of drug-likeness (QED) is 0.253. The number of carbonyl (C=O) groups excluding carboxylic acids is 1. The van der Waals surface area contributed by atoms with Gasteiger partial charge in [-0.2, -0.15) is 0 Å². The van der Waals surface area contributed by atoms with E-state index in [2.05, 4.69) is 35.3 Å². The Hall–Kier alpha value is -2.16. The minimum Gasteiger partial charge on any atom is -0.512 e. The largest absolute Gasteiger partial charge is 0.512 e. The van der Waals surface area contributed by atoms with Crippen LogP contribution in [0.25, 0.3) is 11.3 Å². The Balaban J connectivity index is 0.000000395. The second-order valence-electron chi connectivity index (χ2n) is 5.46. The third-order valence-electron chi connectivity index (χ3n) is 3.12. The minimum absolute atomic E-state index is 0. The summed E-state index contributed by atoms with van der Waals surface area (Å²) < 4.78 is 0. The van der Waals surface area contributed by atoms with Gasteiger partial charge in [0.05, 0.1) is 5.76 Å². The van der Waals surface area contributed by atoms with Crippen LogP contribution in [-0.4, -0.2) is 15.9 Å². The van der Waals surface area contributed by atoms with Crippen molar-refractivity contribution in [2.24, 2.45) is 0 Å². The number of aliphatic hydroxyl groups excluding tert-OH is 1. The van der Waals surface area contributed by atoms with Crippen LogP contribution in [0.15, 0.2) is 94.6 Å². The molecule has 1 heterocycles. The molecule has 1 N–H and O–H groups in total. The van der Waals surface area contributed by atoms with Crippen molar-refractivity contribution < 1.29 is 31.0 Å². The second kappa shape index (κ2) is 12.3. The zero-order valence-corrected chi connectivity index (χ0v) is 18.1. The topological polar surface area (TPSA) is 50.2 Å². The third kappa shape index (κ3) is 8.85. The van der Waals surface area contributed by atoms with E-state index in [1.165, 1.54) is 29.7 Å². The molecule has 0 radical (unpaired) electrons. The van der Waals surface area contributed by atoms with E-state index >= 15 is 0 Å². The van der Waals surface area contributed by atoms with Crippen molar-refractivity contribution in [3.8, 4) is 11.3 Å². The zero-order valence-electron chi connectivity index (χ0n) is 15.0. The van der Waals surface area contributed by atoms with E-state index in [9.17, 15) is 4.79 Å². The standard InChI is InChI=1S/C17H12NS.C5H8O2.Pt/c1-2-6-15(7-3-1)19-16-11-9-14(10-12-16)17-8-4-5-13-18-17;1-4(6)3-5(2)7;/h1-9,11-13H;3,6H,1-2H3;/q-1;;/b;4-3-;. The number of hydrogen-bond acceptors (Lipinski definition) is 4. The molecule has 0 saturated carbocycles. The maximum Gasteiger partial charge on any atom is 0.155 e. The molecule has 3 nitrogen and oxygen atoms in total. The summed E-state index contributed by atoms with van der Waals surface area (Å²) in [4.78, 5) is 16.8. The zero-order chi connectivity index (χ0) is 18.8. The Labute approximate surface area is 178 Å². The maximum absolute atomic E-state index is 10.0. The first kappa shape index (κ1) is 22.9. The molecule has 3 rings (SSSR count). The fourth-order valence-corrected chi connectivity index (χ4v) is 2.89. The number of allylic oxidation sites excluding steroid dienone is 2. The van der Waals surface area contributed by atoms with Crippen LogP contribution < -0.4 is 0 Å². The first-order chi connectivity index (χ1) is 12.5. The van der Waals surface area contributed by atoms with E-state index in [-0.39, 0.29) is 32.6 Å². The van der Waals surface area contributed by atoms with Crippen LogP contribution in [0.5, 0.6) is 0 Å². The van der Waals surface area contributed by atoms with Gasteiger partial charge in [0.1, 0.15) is 0 Å². The smallest absolute Gasteiger partial charge is 0.155 e. The molecule has 3 aromatic rings. The van der Waals surface area contributed by atoms with Gasteiger partial charge < -0.3 is 10.1 Å². The van der Waals surface area contributed by atoms with E-state index in [1.807, 2.05) is 42.5 Å². The maximum atomic E-state index is 10.0. The van der Waals surface area contributed by atoms with Gasteiger partial charge >= 0.3 is 0 Å². The Bertz CT molecular complexity index is 847. The summed E-state index contributed by atoms with van der Waals surface area (Å²) in [7, 11) is 0. The number of benzene rings is 2. The molecule has 5 heteroatoms. The fourth-order valence-electron chi connectivity index (χ4n) is 2.07. The number of aliphatic hydroxyl groups is 1. The number of hydrogen-bond donors (Lipinski definition) is 1. The van der Waals surface area contributed by atoms with Crippen LogP contribution in [0.2, 0.25) is 0 Å². The molecule has 0 atom stereocenters. The number of aromatic nitrogens is 1. The third-order valence-corrected chi connectivity index (χ3v) is 4.11. The van der Waals surface area contributed by atoms with Gasteiger partial charge in [-0.3, -0.25) is 4.79 Å². The summed E-state index contributed by atoms with van der Waals surface area (Å²) in [6, 6.07) is 25.7. The second-order valence-corrected chi connectivity index (χ2v) is 6.61. The van der Waals surface area contributed by atoms with E-state index in [0.717, 1.165) is 11.3 Å². The Morgan fingerprint density at radius 3 is 2.19 bits per heavy atom. The molecule has 0 aliphatic carbocycles. The van der Waals surface area contributed by atoms with Crippen molar-refractivity contribution in [3.63, 3.8) is 0 Å². The first-order valence-electron chi connectivity index (χ1n) is 8.08. The number of pyridine rings is 1. The molecule has 0 aliphatic heterocycles. The Kier molecular flexibility index (Phi) is 10.4. The van der Waals surface area contributed by atoms with Crippen LogP contribution in [0.1, 0.15) is 13.8 Å². The molecule has 0 amide bonds. The number of carbonyl (C=O) groups is 1. The summed E-state index contributed by atoms with van der Waals surface area (Å²) in [6.45, 7) is 2.85. The van der Waals surface area contributed by atoms with Crippen molar-refractivity contribution in [2.75, 3.05) is 0 Å². The molecule has 0 unspecified atom stereocenters. The van der Waals surface area contributed by atoms with Gasteiger partial charge in [-0.1, -0.05) is 35.2 Å². The van der Waals surface area contributed by atoms with E-state index < -0.39 is 0 Å². The molecule has 0 bridgehead atoms. The van der Waals surface area contributed by atoms with Gasteiger partial charge in [0, 0.05) is 38.2 Å². The van der Waals surface area contributed by atoms with Gasteiger partial charge in [-0.25, -0.2) is 0 Å². The van der Waals surface area contributed by atoms with E-state index in [0.29, 0.717) is 0 Å². The van der Waals surface area contributed by atoms with Crippen molar-refractivity contribution in [3.05, 3.63) is 90.8 Å². The average molecular weight is 558 g/mol. The van der Waals surface area contributed by atoms with Crippen molar-refractivity contribution in [1.29, 1.82) is 0 Å². The van der Waals surface area contributed by atoms with Crippen molar-refractivity contribution in [1.82, 2.24) is 4.98 Å². The van der Waals surface area contributed by atoms with Gasteiger partial charge in [-0.15, -0.1) is 41.6 Å². The molecule has 142 valence electrons. The molecular formula is C22H20NO2PtS-. The predicted octanol–water partition coefficient (Wildman–Crippen LogP) is 5.73. The molecule has 0 saturated heterocycles. The molecule has 2 aromatic carbocycles. The minimum atomic E-state index is -0.125. The molecule has 0 fully saturated rings. The van der Waals surface area contributed by atoms with Crippen LogP contribution >= 0.6 is 11.8 Å². The molecule has 27 heavy (non-hydrogen) atoms. The molecule has 1 aromatic heterocycles. The summed E-state index contributed by atoms with van der Waals surface area (Å²) >= 11 is 1.74. The molecule has 0 spiro atoms. The van der Waals surface area contributed by atoms with Crippen LogP contribution in [0, 0.1) is 6.07 Å². The van der Waals surface area contributed by atoms with Crippen LogP contribution in [0.4, 0.5) is 0 Å². The Morgan fingerprint density at radius 2 is 1.70 bits per heavy atom. The van der Waals surface area contributed by atoms with Gasteiger partial charge in [-0.05, 0) is 37.7 Å². The summed E-state index contributed by atoms with van der Waals surface area (Å²) in [6.07, 6.45) is 2.97. The SMILES string of the molecule is CC(=O)/C=C(/C)O.[Pt].[c-]1cc(Sc2ccccc2)ccc1-c1ccccn1. The number of rotatable bonds is 4. The summed E-state index contributed by atoms with van der Waals surface area (Å²) in [5, 5.41) is 8.36. The van der Waals surface area contributed by atoms with Gasteiger partial charge in [0.2, 0.25) is 0 Å². The van der Waals surface area contributed by atoms with Gasteiger partial charge in [0.15, 0.2) is 5.78 Å². The average Bonchev–Trinajstić information content (AvgIpc) is 2.63. The fraction of sp³-hybridized carbons (Fsp3) is 0.0909. The normalized spacial score (nSPS) is 10.2. The summed E-state index contributed by atoms with van der Waals surface area (Å²) in [5.74, 6) is -0.0625. The number of nitrogens with zero attached hydrogens (tertiary/aromatic N) is 1. The van der Waals surface area contributed by atoms with Gasteiger partial charge in [0.25, 0.3) is 0 Å². The molecule has 0 aliphatic rings. The van der Waals surface area contributed by atoms with E-state index in [4.69, 9.17) is 5.11 Å². The van der Waals surface area contributed by atoms with Crippen LogP contribution in [0.3, 0.4) is 0 Å².